The van der Waals surface area contributed by atoms with E-state index in [0.717, 1.165) is 9.80 Å². The molecule has 2 aromatic heterocycles. The van der Waals surface area contributed by atoms with Gasteiger partial charge in [0.1, 0.15) is 22.8 Å². The number of pyridine rings is 2. The van der Waals surface area contributed by atoms with Crippen LogP contribution in [0.1, 0.15) is 55.4 Å². The fraction of sp³-hybridized carbons (Fsp3) is 0.467. The fourth-order valence-electron chi connectivity index (χ4n) is 6.40. The lowest BCUT2D eigenvalue weighted by Crippen LogP contribution is -2.65. The molecule has 1 saturated carbocycles. The van der Waals surface area contributed by atoms with Crippen LogP contribution in [0.5, 0.6) is 0 Å². The van der Waals surface area contributed by atoms with Crippen molar-refractivity contribution in [3.8, 4) is 0 Å². The van der Waals surface area contributed by atoms with Gasteiger partial charge in [0.15, 0.2) is 0 Å². The van der Waals surface area contributed by atoms with E-state index < -0.39 is 69.7 Å². The molecule has 14 nitrogen and oxygen atoms in total. The quantitative estimate of drug-likeness (QED) is 0.486. The number of carbonyl (C=O) groups is 6. The lowest BCUT2D eigenvalue weighted by Gasteiger charge is -2.53. The molecular formula is C30H34N6O8. The van der Waals surface area contributed by atoms with Gasteiger partial charge in [0, 0.05) is 0 Å². The van der Waals surface area contributed by atoms with E-state index in [4.69, 9.17) is 9.47 Å². The SMILES string of the molecule is CC(C)(C)OC(=O)Nc1ccc(N2C(=O)C3C(C)(C2=O)C2C(=O)N(c4ccc(NC(=O)OC(C)(C)C)cn4)C(=O)C32C)nc1. The zero-order chi connectivity index (χ0) is 32.6. The molecule has 5 rings (SSSR count). The Hall–Kier alpha value is -4.88. The van der Waals surface area contributed by atoms with Gasteiger partial charge in [-0.05, 0) is 79.7 Å². The lowest BCUT2D eigenvalue weighted by atomic mass is 9.41. The van der Waals surface area contributed by atoms with Crippen LogP contribution in [0.25, 0.3) is 0 Å². The van der Waals surface area contributed by atoms with E-state index in [1.54, 1.807) is 41.5 Å². The topological polar surface area (TPSA) is 177 Å². The number of amides is 6. The predicted molar refractivity (Wildman–Crippen MR) is 156 cm³/mol. The van der Waals surface area contributed by atoms with Gasteiger partial charge in [0.05, 0.1) is 46.4 Å². The van der Waals surface area contributed by atoms with Gasteiger partial charge in [0.25, 0.3) is 0 Å². The number of ether oxygens (including phenoxy) is 2. The van der Waals surface area contributed by atoms with Crippen molar-refractivity contribution in [2.45, 2.75) is 66.6 Å². The first-order valence-corrected chi connectivity index (χ1v) is 14.0. The van der Waals surface area contributed by atoms with Crippen LogP contribution in [0.2, 0.25) is 0 Å². The molecule has 2 saturated heterocycles. The number of imide groups is 2. The van der Waals surface area contributed by atoms with Crippen LogP contribution in [0.3, 0.4) is 0 Å². The molecule has 232 valence electrons. The first-order valence-electron chi connectivity index (χ1n) is 14.0. The molecule has 1 aliphatic carbocycles. The Morgan fingerprint density at radius 3 is 1.30 bits per heavy atom. The second kappa shape index (κ2) is 9.82. The fourth-order valence-corrected chi connectivity index (χ4v) is 6.40. The maximum Gasteiger partial charge on any atom is 0.412 e. The summed E-state index contributed by atoms with van der Waals surface area (Å²) in [6.07, 6.45) is 1.15. The van der Waals surface area contributed by atoms with Crippen LogP contribution >= 0.6 is 0 Å². The van der Waals surface area contributed by atoms with Gasteiger partial charge in [0.2, 0.25) is 23.6 Å². The molecule has 0 radical (unpaired) electrons. The van der Waals surface area contributed by atoms with Gasteiger partial charge in [-0.3, -0.25) is 29.8 Å². The minimum atomic E-state index is -1.49. The summed E-state index contributed by atoms with van der Waals surface area (Å²) in [5.41, 5.74) is -3.83. The third-order valence-electron chi connectivity index (χ3n) is 7.91. The van der Waals surface area contributed by atoms with E-state index in [1.807, 2.05) is 0 Å². The van der Waals surface area contributed by atoms with Gasteiger partial charge in [-0.1, -0.05) is 0 Å². The van der Waals surface area contributed by atoms with Crippen molar-refractivity contribution >= 4 is 58.8 Å². The molecule has 44 heavy (non-hydrogen) atoms. The molecule has 4 heterocycles. The monoisotopic (exact) mass is 606 g/mol. The Morgan fingerprint density at radius 1 is 0.682 bits per heavy atom. The molecule has 2 aliphatic heterocycles. The number of nitrogens with one attached hydrogen (secondary N) is 2. The summed E-state index contributed by atoms with van der Waals surface area (Å²) in [4.78, 5) is 89.3. The number of carbonyl (C=O) groups excluding carboxylic acids is 6. The smallest absolute Gasteiger partial charge is 0.412 e. The Kier molecular flexibility index (Phi) is 6.83. The Balaban J connectivity index is 1.35. The minimum absolute atomic E-state index is 0.00136. The summed E-state index contributed by atoms with van der Waals surface area (Å²) in [5.74, 6) is -4.82. The zero-order valence-corrected chi connectivity index (χ0v) is 25.7. The minimum Gasteiger partial charge on any atom is -0.444 e. The summed E-state index contributed by atoms with van der Waals surface area (Å²) in [6.45, 7) is 13.3. The van der Waals surface area contributed by atoms with Crippen LogP contribution in [0, 0.1) is 22.7 Å². The Labute approximate surface area is 253 Å². The van der Waals surface area contributed by atoms with E-state index in [2.05, 4.69) is 20.6 Å². The van der Waals surface area contributed by atoms with Crippen LogP contribution in [-0.2, 0) is 28.7 Å². The van der Waals surface area contributed by atoms with E-state index >= 15 is 0 Å². The molecule has 3 aliphatic rings. The number of anilines is 4. The molecule has 2 N–H and O–H groups in total. The van der Waals surface area contributed by atoms with Gasteiger partial charge in [-0.25, -0.2) is 29.4 Å². The number of aromatic nitrogens is 2. The maximum atomic E-state index is 13.8. The number of fused-ring (bicyclic) bond motifs is 4. The molecule has 0 spiro atoms. The van der Waals surface area contributed by atoms with Gasteiger partial charge < -0.3 is 9.47 Å². The van der Waals surface area contributed by atoms with E-state index in [1.165, 1.54) is 50.5 Å². The molecule has 0 unspecified atom stereocenters. The van der Waals surface area contributed by atoms with Crippen molar-refractivity contribution in [1.29, 1.82) is 0 Å². The molecule has 6 amide bonds. The highest BCUT2D eigenvalue weighted by molar-refractivity contribution is 6.34. The Bertz CT molecular complexity index is 1460. The first kappa shape index (κ1) is 30.6. The molecule has 0 atom stereocenters. The number of nitrogens with zero attached hydrogens (tertiary/aromatic N) is 4. The van der Waals surface area contributed by atoms with Crippen molar-refractivity contribution in [2.24, 2.45) is 22.7 Å². The largest absolute Gasteiger partial charge is 0.444 e. The molecule has 0 bridgehead atoms. The zero-order valence-electron chi connectivity index (χ0n) is 25.7. The van der Waals surface area contributed by atoms with Crippen molar-refractivity contribution < 1.29 is 38.2 Å². The van der Waals surface area contributed by atoms with E-state index in [9.17, 15) is 28.8 Å². The van der Waals surface area contributed by atoms with Gasteiger partial charge >= 0.3 is 12.2 Å². The summed E-state index contributed by atoms with van der Waals surface area (Å²) in [5, 5.41) is 5.06. The van der Waals surface area contributed by atoms with Gasteiger partial charge in [-0.2, -0.15) is 0 Å². The number of hydrogen-bond acceptors (Lipinski definition) is 10. The van der Waals surface area contributed by atoms with E-state index in [-0.39, 0.29) is 23.0 Å². The highest BCUT2D eigenvalue weighted by Gasteiger charge is 2.86. The molecule has 0 aromatic carbocycles. The number of rotatable bonds is 4. The van der Waals surface area contributed by atoms with Crippen LogP contribution in [0.4, 0.5) is 32.6 Å². The second-order valence-electron chi connectivity index (χ2n) is 13.5. The molecule has 14 heteroatoms. The first-order chi connectivity index (χ1) is 20.3. The average Bonchev–Trinajstić information content (AvgIpc) is 3.16. The lowest BCUT2D eigenvalue weighted by molar-refractivity contribution is -0.179. The molecule has 3 fully saturated rings. The molecule has 2 aromatic rings. The normalized spacial score (nSPS) is 26.2. The maximum absolute atomic E-state index is 13.8. The Morgan fingerprint density at radius 2 is 1.02 bits per heavy atom. The van der Waals surface area contributed by atoms with Crippen molar-refractivity contribution in [1.82, 2.24) is 9.97 Å². The highest BCUT2D eigenvalue weighted by atomic mass is 16.6. The summed E-state index contributed by atoms with van der Waals surface area (Å²) >= 11 is 0. The van der Waals surface area contributed by atoms with Crippen LogP contribution in [-0.4, -0.2) is 57.0 Å². The predicted octanol–water partition coefficient (Wildman–Crippen LogP) is 3.88. The van der Waals surface area contributed by atoms with Crippen molar-refractivity contribution in [3.63, 3.8) is 0 Å². The highest BCUT2D eigenvalue weighted by Crippen LogP contribution is 2.71. The standard InChI is InChI=1S/C30H34N6O8/c1-27(2,3)43-25(41)33-15-9-11-17(31-13-15)35-21(37)19-29(7,23(35)39)20-22(38)36(24(40)30(19,20)8)18-12-10-16(14-32-18)34-26(42)44-28(4,5)6/h9-14,19-20H,1-8H3,(H,33,41)(H,34,42). The van der Waals surface area contributed by atoms with E-state index in [0.29, 0.717) is 0 Å². The third kappa shape index (κ3) is 4.74. The van der Waals surface area contributed by atoms with Crippen LogP contribution in [0.15, 0.2) is 36.7 Å². The summed E-state index contributed by atoms with van der Waals surface area (Å²) in [6, 6.07) is 5.70. The van der Waals surface area contributed by atoms with Crippen LogP contribution < -0.4 is 20.4 Å². The number of hydrogen-bond donors (Lipinski definition) is 2. The van der Waals surface area contributed by atoms with Crippen molar-refractivity contribution in [2.75, 3.05) is 20.4 Å². The third-order valence-corrected chi connectivity index (χ3v) is 7.91. The summed E-state index contributed by atoms with van der Waals surface area (Å²) in [7, 11) is 0. The van der Waals surface area contributed by atoms with Crippen molar-refractivity contribution in [3.05, 3.63) is 36.7 Å². The molecular weight excluding hydrogens is 572 g/mol. The van der Waals surface area contributed by atoms with Gasteiger partial charge in [-0.15, -0.1) is 0 Å². The average molecular weight is 607 g/mol. The summed E-state index contributed by atoms with van der Waals surface area (Å²) < 4.78 is 10.4. The second-order valence-corrected chi connectivity index (χ2v) is 13.5.